The van der Waals surface area contributed by atoms with E-state index >= 15 is 0 Å². The smallest absolute Gasteiger partial charge is 0.126 e. The third-order valence-corrected chi connectivity index (χ3v) is 2.51. The third-order valence-electron chi connectivity index (χ3n) is 2.22. The molecule has 0 bridgehead atoms. The molecular weight excluding hydrogens is 179 g/mol. The average molecular weight is 194 g/mol. The van der Waals surface area contributed by atoms with Gasteiger partial charge in [-0.3, -0.25) is 0 Å². The van der Waals surface area contributed by atoms with Crippen molar-refractivity contribution in [3.8, 4) is 5.75 Å². The molecule has 0 unspecified atom stereocenters. The Morgan fingerprint density at radius 3 is 2.46 bits per heavy atom. The van der Waals surface area contributed by atoms with Gasteiger partial charge < -0.3 is 5.11 Å². The molecule has 0 amide bonds. The standard InChI is InChI=1S/C11H15OP/c1-7(2)9-5-4-8(3)11(12)10(9)6-13/h4-7,12-13H,1-3H3. The van der Waals surface area contributed by atoms with Gasteiger partial charge in [-0.2, -0.15) is 0 Å². The lowest BCUT2D eigenvalue weighted by Gasteiger charge is -2.12. The van der Waals surface area contributed by atoms with E-state index < -0.39 is 0 Å². The summed E-state index contributed by atoms with van der Waals surface area (Å²) in [4.78, 5) is 0. The Labute approximate surface area is 81.6 Å². The summed E-state index contributed by atoms with van der Waals surface area (Å²) in [5, 5.41) is 9.76. The lowest BCUT2D eigenvalue weighted by molar-refractivity contribution is 0.469. The van der Waals surface area contributed by atoms with Crippen LogP contribution in [0.15, 0.2) is 12.1 Å². The molecule has 13 heavy (non-hydrogen) atoms. The first-order valence-electron chi connectivity index (χ1n) is 4.41. The molecule has 0 radical (unpaired) electrons. The van der Waals surface area contributed by atoms with E-state index in [1.165, 1.54) is 0 Å². The molecule has 0 aromatic heterocycles. The van der Waals surface area contributed by atoms with E-state index in [2.05, 4.69) is 28.8 Å². The molecule has 0 saturated carbocycles. The van der Waals surface area contributed by atoms with Crippen molar-refractivity contribution in [2.45, 2.75) is 26.7 Å². The first-order valence-corrected chi connectivity index (χ1v) is 4.98. The minimum absolute atomic E-state index is 0.376. The maximum absolute atomic E-state index is 9.76. The summed E-state index contributed by atoms with van der Waals surface area (Å²) in [6, 6.07) is 4.01. The van der Waals surface area contributed by atoms with Gasteiger partial charge in [0, 0.05) is 5.56 Å². The SMILES string of the molecule is Cc1ccc(C(C)C)c(C=P)c1O. The van der Waals surface area contributed by atoms with E-state index in [-0.39, 0.29) is 0 Å². The zero-order chi connectivity index (χ0) is 10.0. The van der Waals surface area contributed by atoms with E-state index in [1.807, 2.05) is 13.0 Å². The van der Waals surface area contributed by atoms with Crippen molar-refractivity contribution >= 4 is 14.7 Å². The molecule has 0 saturated heterocycles. The van der Waals surface area contributed by atoms with E-state index in [4.69, 9.17) is 0 Å². The minimum Gasteiger partial charge on any atom is -0.507 e. The Morgan fingerprint density at radius 1 is 1.38 bits per heavy atom. The summed E-state index contributed by atoms with van der Waals surface area (Å²) in [6.07, 6.45) is 0. The highest BCUT2D eigenvalue weighted by atomic mass is 31.0. The van der Waals surface area contributed by atoms with Gasteiger partial charge in [-0.25, -0.2) is 0 Å². The van der Waals surface area contributed by atoms with Gasteiger partial charge >= 0.3 is 0 Å². The number of benzene rings is 1. The lowest BCUT2D eigenvalue weighted by Crippen LogP contribution is -1.96. The zero-order valence-electron chi connectivity index (χ0n) is 8.26. The van der Waals surface area contributed by atoms with Crippen LogP contribution >= 0.6 is 8.86 Å². The van der Waals surface area contributed by atoms with Crippen LogP contribution in [-0.4, -0.2) is 10.9 Å². The van der Waals surface area contributed by atoms with Crippen molar-refractivity contribution in [1.29, 1.82) is 0 Å². The van der Waals surface area contributed by atoms with Crippen molar-refractivity contribution in [1.82, 2.24) is 0 Å². The topological polar surface area (TPSA) is 20.2 Å². The van der Waals surface area contributed by atoms with E-state index in [9.17, 15) is 5.11 Å². The Balaban J connectivity index is 3.38. The second-order valence-corrected chi connectivity index (χ2v) is 3.82. The monoisotopic (exact) mass is 194 g/mol. The summed E-state index contributed by atoms with van der Waals surface area (Å²) < 4.78 is 0. The maximum Gasteiger partial charge on any atom is 0.126 e. The fraction of sp³-hybridized carbons (Fsp3) is 0.364. The van der Waals surface area contributed by atoms with Gasteiger partial charge in [0.25, 0.3) is 0 Å². The Morgan fingerprint density at radius 2 is 2.00 bits per heavy atom. The molecule has 0 spiro atoms. The second-order valence-electron chi connectivity index (χ2n) is 3.53. The van der Waals surface area contributed by atoms with Gasteiger partial charge in [0.05, 0.1) is 0 Å². The highest BCUT2D eigenvalue weighted by Crippen LogP contribution is 2.28. The van der Waals surface area contributed by atoms with Gasteiger partial charge in [0.1, 0.15) is 5.75 Å². The molecule has 1 aromatic carbocycles. The summed E-state index contributed by atoms with van der Waals surface area (Å²) in [5.41, 5.74) is 2.97. The van der Waals surface area contributed by atoms with Crippen LogP contribution < -0.4 is 0 Å². The third kappa shape index (κ3) is 1.92. The number of aryl methyl sites for hydroxylation is 1. The van der Waals surface area contributed by atoms with Crippen molar-refractivity contribution in [2.75, 3.05) is 0 Å². The predicted octanol–water partition coefficient (Wildman–Crippen LogP) is 3.12. The summed E-state index contributed by atoms with van der Waals surface area (Å²) in [5.74, 6) is 2.58. The van der Waals surface area contributed by atoms with Crippen molar-refractivity contribution in [3.63, 3.8) is 0 Å². The lowest BCUT2D eigenvalue weighted by atomic mass is 9.95. The maximum atomic E-state index is 9.76. The highest BCUT2D eigenvalue weighted by Gasteiger charge is 2.09. The van der Waals surface area contributed by atoms with Crippen LogP contribution in [0, 0.1) is 6.92 Å². The zero-order valence-corrected chi connectivity index (χ0v) is 9.26. The van der Waals surface area contributed by atoms with Crippen LogP contribution in [0.4, 0.5) is 0 Å². The fourth-order valence-corrected chi connectivity index (χ4v) is 1.69. The Hall–Kier alpha value is -0.810. The summed E-state index contributed by atoms with van der Waals surface area (Å²) in [6.45, 7) is 6.13. The van der Waals surface area contributed by atoms with Crippen molar-refractivity contribution in [2.24, 2.45) is 0 Å². The van der Waals surface area contributed by atoms with Crippen molar-refractivity contribution < 1.29 is 5.11 Å². The molecule has 1 aromatic rings. The number of rotatable bonds is 2. The molecule has 0 atom stereocenters. The number of hydrogen-bond donors (Lipinski definition) is 1. The molecule has 0 aliphatic rings. The summed E-state index contributed by atoms with van der Waals surface area (Å²) >= 11 is 0. The Bertz CT molecular complexity index is 329. The number of hydrogen-bond acceptors (Lipinski definition) is 1. The van der Waals surface area contributed by atoms with Crippen LogP contribution in [0.2, 0.25) is 0 Å². The van der Waals surface area contributed by atoms with Gasteiger partial charge in [-0.15, -0.1) is 8.86 Å². The average Bonchev–Trinajstić information content (AvgIpc) is 2.09. The van der Waals surface area contributed by atoms with Gasteiger partial charge in [0.15, 0.2) is 0 Å². The van der Waals surface area contributed by atoms with Gasteiger partial charge in [-0.1, -0.05) is 26.0 Å². The Kier molecular flexibility index (Phi) is 3.11. The van der Waals surface area contributed by atoms with Crippen molar-refractivity contribution in [3.05, 3.63) is 28.8 Å². The normalized spacial score (nSPS) is 10.5. The molecule has 0 fully saturated rings. The van der Waals surface area contributed by atoms with E-state index in [0.29, 0.717) is 11.7 Å². The molecule has 0 aliphatic heterocycles. The van der Waals surface area contributed by atoms with Crippen LogP contribution in [-0.2, 0) is 0 Å². The predicted molar refractivity (Wildman–Crippen MR) is 60.4 cm³/mol. The molecule has 1 nitrogen and oxygen atoms in total. The first kappa shape index (κ1) is 10.3. The molecule has 0 aliphatic carbocycles. The van der Waals surface area contributed by atoms with E-state index in [0.717, 1.165) is 16.7 Å². The fourth-order valence-electron chi connectivity index (χ4n) is 1.39. The summed E-state index contributed by atoms with van der Waals surface area (Å²) in [7, 11) is 3.33. The minimum atomic E-state index is 0.376. The van der Waals surface area contributed by atoms with Gasteiger partial charge in [0.2, 0.25) is 0 Å². The number of phenols is 1. The van der Waals surface area contributed by atoms with Crippen LogP contribution in [0.3, 0.4) is 0 Å². The van der Waals surface area contributed by atoms with E-state index in [1.54, 1.807) is 5.80 Å². The van der Waals surface area contributed by atoms with Crippen LogP contribution in [0.5, 0.6) is 5.75 Å². The molecule has 0 heterocycles. The quantitative estimate of drug-likeness (QED) is 0.717. The molecule has 70 valence electrons. The second kappa shape index (κ2) is 3.93. The highest BCUT2D eigenvalue weighted by molar-refractivity contribution is 7.19. The molecule has 1 rings (SSSR count). The molecular formula is C11H15OP. The van der Waals surface area contributed by atoms with Crippen LogP contribution in [0.1, 0.15) is 36.5 Å². The first-order chi connectivity index (χ1) is 6.07. The molecule has 2 heteroatoms. The number of aromatic hydroxyl groups is 1. The molecule has 1 N–H and O–H groups in total. The van der Waals surface area contributed by atoms with Gasteiger partial charge in [-0.05, 0) is 29.8 Å². The van der Waals surface area contributed by atoms with Crippen LogP contribution in [0.25, 0.3) is 0 Å². The number of phenolic OH excluding ortho intramolecular Hbond substituents is 1. The largest absolute Gasteiger partial charge is 0.507 e.